The number of piperazine rings is 1. The van der Waals surface area contributed by atoms with E-state index in [-0.39, 0.29) is 5.91 Å². The van der Waals surface area contributed by atoms with Crippen molar-refractivity contribution >= 4 is 23.7 Å². The van der Waals surface area contributed by atoms with Gasteiger partial charge in [-0.25, -0.2) is 4.98 Å². The van der Waals surface area contributed by atoms with E-state index in [0.29, 0.717) is 31.1 Å². The van der Waals surface area contributed by atoms with Gasteiger partial charge in [0.25, 0.3) is 5.91 Å². The summed E-state index contributed by atoms with van der Waals surface area (Å²) in [5, 5.41) is 0.966. The molecule has 3 heterocycles. The molecule has 2 amide bonds. The molecular formula is C17H20N4O2S. The minimum atomic E-state index is 0.0274. The van der Waals surface area contributed by atoms with Crippen LogP contribution in [-0.4, -0.2) is 58.3 Å². The lowest BCUT2D eigenvalue weighted by Gasteiger charge is -2.32. The Bertz CT molecular complexity index is 709. The number of rotatable bonds is 5. The number of thiazole rings is 1. The number of hydrogen-bond acceptors (Lipinski definition) is 5. The summed E-state index contributed by atoms with van der Waals surface area (Å²) >= 11 is 1.47. The van der Waals surface area contributed by atoms with Crippen LogP contribution in [0.1, 0.15) is 26.1 Å². The summed E-state index contributed by atoms with van der Waals surface area (Å²) in [4.78, 5) is 36.5. The average Bonchev–Trinajstić information content (AvgIpc) is 3.01. The van der Waals surface area contributed by atoms with Crippen LogP contribution in [0.4, 0.5) is 0 Å². The minimum absolute atomic E-state index is 0.0274. The van der Waals surface area contributed by atoms with Gasteiger partial charge in [-0.2, -0.15) is 0 Å². The van der Waals surface area contributed by atoms with Crippen LogP contribution in [0.15, 0.2) is 24.4 Å². The maximum Gasteiger partial charge on any atom is 0.265 e. The highest BCUT2D eigenvalue weighted by atomic mass is 32.1. The fraction of sp³-hybridized carbons (Fsp3) is 0.412. The Morgan fingerprint density at radius 2 is 2.04 bits per heavy atom. The predicted octanol–water partition coefficient (Wildman–Crippen LogP) is 1.55. The van der Waals surface area contributed by atoms with Gasteiger partial charge < -0.3 is 9.80 Å². The number of amides is 2. The topological polar surface area (TPSA) is 66.4 Å². The monoisotopic (exact) mass is 344 g/mol. The molecule has 0 aromatic carbocycles. The van der Waals surface area contributed by atoms with Crippen molar-refractivity contribution in [2.75, 3.05) is 26.2 Å². The molecule has 0 bridgehead atoms. The van der Waals surface area contributed by atoms with Gasteiger partial charge in [-0.05, 0) is 25.5 Å². The average molecular weight is 344 g/mol. The first kappa shape index (κ1) is 16.6. The van der Waals surface area contributed by atoms with E-state index in [9.17, 15) is 9.59 Å². The zero-order valence-electron chi connectivity index (χ0n) is 13.6. The van der Waals surface area contributed by atoms with Crippen LogP contribution in [0.25, 0.3) is 0 Å². The second-order valence-electron chi connectivity index (χ2n) is 5.78. The van der Waals surface area contributed by atoms with Crippen LogP contribution >= 0.6 is 11.3 Å². The number of carbonyl (C=O) groups excluding carboxylic acids is 2. The van der Waals surface area contributed by atoms with E-state index >= 15 is 0 Å². The molecule has 2 aromatic rings. The lowest BCUT2D eigenvalue weighted by Crippen LogP contribution is -2.48. The van der Waals surface area contributed by atoms with Gasteiger partial charge in [0.1, 0.15) is 4.88 Å². The molecule has 1 fully saturated rings. The van der Waals surface area contributed by atoms with Gasteiger partial charge >= 0.3 is 0 Å². The van der Waals surface area contributed by atoms with Crippen molar-refractivity contribution in [3.05, 3.63) is 45.7 Å². The van der Waals surface area contributed by atoms with Crippen molar-refractivity contribution < 1.29 is 9.59 Å². The van der Waals surface area contributed by atoms with E-state index in [1.54, 1.807) is 11.1 Å². The lowest BCUT2D eigenvalue weighted by atomic mass is 10.2. The maximum absolute atomic E-state index is 12.7. The Morgan fingerprint density at radius 3 is 2.71 bits per heavy atom. The van der Waals surface area contributed by atoms with Crippen LogP contribution in [-0.2, 0) is 17.6 Å². The van der Waals surface area contributed by atoms with Gasteiger partial charge in [0.15, 0.2) is 0 Å². The first-order chi connectivity index (χ1) is 11.7. The molecule has 0 N–H and O–H groups in total. The number of carbonyl (C=O) groups is 2. The quantitative estimate of drug-likeness (QED) is 0.772. The normalized spacial score (nSPS) is 14.7. The molecule has 0 spiro atoms. The van der Waals surface area contributed by atoms with Crippen molar-refractivity contribution in [2.24, 2.45) is 0 Å². The molecule has 3 rings (SSSR count). The maximum atomic E-state index is 12.7. The Morgan fingerprint density at radius 1 is 1.25 bits per heavy atom. The molecule has 1 aliphatic heterocycles. The fourth-order valence-corrected chi connectivity index (χ4v) is 3.74. The molecule has 0 radical (unpaired) electrons. The second kappa shape index (κ2) is 7.53. The van der Waals surface area contributed by atoms with Crippen molar-refractivity contribution in [3.8, 4) is 0 Å². The molecule has 6 nitrogen and oxygen atoms in total. The van der Waals surface area contributed by atoms with Crippen LogP contribution in [0.5, 0.6) is 0 Å². The number of pyridine rings is 1. The summed E-state index contributed by atoms with van der Waals surface area (Å²) in [6.07, 6.45) is 4.24. The fourth-order valence-electron chi connectivity index (χ4n) is 2.71. The van der Waals surface area contributed by atoms with Gasteiger partial charge in [-0.1, -0.05) is 6.07 Å². The largest absolute Gasteiger partial charge is 0.342 e. The van der Waals surface area contributed by atoms with E-state index in [2.05, 4.69) is 9.97 Å². The van der Waals surface area contributed by atoms with Crippen molar-refractivity contribution in [1.29, 1.82) is 0 Å². The van der Waals surface area contributed by atoms with Crippen molar-refractivity contribution in [3.63, 3.8) is 0 Å². The van der Waals surface area contributed by atoms with Crippen LogP contribution < -0.4 is 0 Å². The van der Waals surface area contributed by atoms with Gasteiger partial charge in [-0.3, -0.25) is 14.6 Å². The minimum Gasteiger partial charge on any atom is -0.342 e. The summed E-state index contributed by atoms with van der Waals surface area (Å²) in [6, 6.07) is 5.88. The first-order valence-corrected chi connectivity index (χ1v) is 8.84. The molecule has 0 aliphatic carbocycles. The SMILES string of the molecule is Cc1nc(CCc2ccccn2)sc1C(=O)N1CCN(C=O)CC1. The highest BCUT2D eigenvalue weighted by molar-refractivity contribution is 7.13. The molecule has 24 heavy (non-hydrogen) atoms. The Balaban J connectivity index is 1.63. The van der Waals surface area contributed by atoms with E-state index < -0.39 is 0 Å². The molecule has 1 aliphatic rings. The smallest absolute Gasteiger partial charge is 0.265 e. The van der Waals surface area contributed by atoms with E-state index in [4.69, 9.17) is 0 Å². The van der Waals surface area contributed by atoms with Gasteiger partial charge in [-0.15, -0.1) is 11.3 Å². The molecule has 2 aromatic heterocycles. The van der Waals surface area contributed by atoms with Crippen LogP contribution in [0.2, 0.25) is 0 Å². The zero-order valence-corrected chi connectivity index (χ0v) is 14.5. The van der Waals surface area contributed by atoms with E-state index in [1.165, 1.54) is 11.3 Å². The molecule has 0 unspecified atom stereocenters. The highest BCUT2D eigenvalue weighted by Crippen LogP contribution is 2.22. The Hall–Kier alpha value is -2.28. The third-order valence-corrected chi connectivity index (χ3v) is 5.31. The van der Waals surface area contributed by atoms with Crippen molar-refractivity contribution in [2.45, 2.75) is 19.8 Å². The number of aryl methyl sites for hydroxylation is 3. The first-order valence-electron chi connectivity index (χ1n) is 8.02. The third-order valence-electron chi connectivity index (χ3n) is 4.11. The van der Waals surface area contributed by atoms with Crippen molar-refractivity contribution in [1.82, 2.24) is 19.8 Å². The van der Waals surface area contributed by atoms with Crippen LogP contribution in [0, 0.1) is 6.92 Å². The predicted molar refractivity (Wildman–Crippen MR) is 92.0 cm³/mol. The molecular weight excluding hydrogens is 324 g/mol. The molecule has 126 valence electrons. The summed E-state index contributed by atoms with van der Waals surface area (Å²) in [7, 11) is 0. The zero-order chi connectivity index (χ0) is 16.9. The highest BCUT2D eigenvalue weighted by Gasteiger charge is 2.24. The summed E-state index contributed by atoms with van der Waals surface area (Å²) < 4.78 is 0. The number of nitrogens with zero attached hydrogens (tertiary/aromatic N) is 4. The number of hydrogen-bond donors (Lipinski definition) is 0. The summed E-state index contributed by atoms with van der Waals surface area (Å²) in [6.45, 7) is 4.24. The summed E-state index contributed by atoms with van der Waals surface area (Å²) in [5.74, 6) is 0.0274. The second-order valence-corrected chi connectivity index (χ2v) is 6.86. The Labute approximate surface area is 145 Å². The van der Waals surface area contributed by atoms with E-state index in [1.807, 2.05) is 30.0 Å². The molecule has 0 saturated carbocycles. The summed E-state index contributed by atoms with van der Waals surface area (Å²) in [5.41, 5.74) is 1.82. The van der Waals surface area contributed by atoms with E-state index in [0.717, 1.165) is 35.6 Å². The van der Waals surface area contributed by atoms with Gasteiger partial charge in [0, 0.05) is 44.5 Å². The molecule has 1 saturated heterocycles. The number of aromatic nitrogens is 2. The lowest BCUT2D eigenvalue weighted by molar-refractivity contribution is -0.119. The molecule has 7 heteroatoms. The molecule has 0 atom stereocenters. The third kappa shape index (κ3) is 3.79. The van der Waals surface area contributed by atoms with Crippen LogP contribution in [0.3, 0.4) is 0 Å². The van der Waals surface area contributed by atoms with Gasteiger partial charge in [0.2, 0.25) is 6.41 Å². The standard InChI is InChI=1S/C17H20N4O2S/c1-13-16(17(23)21-10-8-20(12-22)9-11-21)24-15(19-13)6-5-14-4-2-3-7-18-14/h2-4,7,12H,5-6,8-11H2,1H3. The van der Waals surface area contributed by atoms with Gasteiger partial charge in [0.05, 0.1) is 10.7 Å². The Kier molecular flexibility index (Phi) is 5.20.